The number of hydrogen-bond donors (Lipinski definition) is 1. The number of H-pyrrole nitrogens is 1. The molecule has 8 nitrogen and oxygen atoms in total. The Morgan fingerprint density at radius 1 is 1.06 bits per heavy atom. The number of pyridine rings is 1. The standard InChI is InChI=1S/C28H30N6O2/c1-4-25(27-30-31-32-34(27)18-24-11-8-12-36-24)33(16-21-9-6-5-7-10-21)17-23-15-22-14-19(2)13-20(3)26(22)29-28(23)35/h5-15,25H,4,16-18H2,1-3H3,(H,29,35). The van der Waals surface area contributed by atoms with Gasteiger partial charge < -0.3 is 9.40 Å². The predicted molar refractivity (Wildman–Crippen MR) is 138 cm³/mol. The lowest BCUT2D eigenvalue weighted by atomic mass is 10.0. The summed E-state index contributed by atoms with van der Waals surface area (Å²) in [6, 6.07) is 20.2. The van der Waals surface area contributed by atoms with Crippen LogP contribution in [0.15, 0.2) is 76.1 Å². The highest BCUT2D eigenvalue weighted by Gasteiger charge is 2.26. The maximum Gasteiger partial charge on any atom is 0.252 e. The molecule has 5 aromatic rings. The number of hydrogen-bond acceptors (Lipinski definition) is 6. The molecule has 3 aromatic heterocycles. The fourth-order valence-corrected chi connectivity index (χ4v) is 4.88. The minimum absolute atomic E-state index is 0.0717. The summed E-state index contributed by atoms with van der Waals surface area (Å²) in [5.41, 5.74) is 4.92. The highest BCUT2D eigenvalue weighted by molar-refractivity contribution is 5.82. The Balaban J connectivity index is 1.53. The molecule has 0 radical (unpaired) electrons. The number of fused-ring (bicyclic) bond motifs is 1. The summed E-state index contributed by atoms with van der Waals surface area (Å²) < 4.78 is 7.31. The van der Waals surface area contributed by atoms with Crippen LogP contribution in [-0.2, 0) is 19.6 Å². The first kappa shape index (κ1) is 23.7. The summed E-state index contributed by atoms with van der Waals surface area (Å²) in [6.45, 7) is 7.77. The third kappa shape index (κ3) is 4.99. The van der Waals surface area contributed by atoms with Crippen molar-refractivity contribution in [1.29, 1.82) is 0 Å². The second-order valence-corrected chi connectivity index (χ2v) is 9.26. The van der Waals surface area contributed by atoms with Crippen LogP contribution in [0.1, 0.15) is 53.2 Å². The highest BCUT2D eigenvalue weighted by Crippen LogP contribution is 2.27. The van der Waals surface area contributed by atoms with Crippen LogP contribution in [0.5, 0.6) is 0 Å². The molecule has 0 aliphatic rings. The molecule has 1 unspecified atom stereocenters. The van der Waals surface area contributed by atoms with E-state index in [1.54, 1.807) is 10.9 Å². The van der Waals surface area contributed by atoms with Crippen molar-refractivity contribution in [3.05, 3.63) is 111 Å². The molecule has 5 rings (SSSR count). The van der Waals surface area contributed by atoms with Gasteiger partial charge in [-0.1, -0.05) is 48.9 Å². The average Bonchev–Trinajstić information content (AvgIpc) is 3.54. The molecule has 8 heteroatoms. The van der Waals surface area contributed by atoms with E-state index < -0.39 is 0 Å². The smallest absolute Gasteiger partial charge is 0.252 e. The number of nitrogens with zero attached hydrogens (tertiary/aromatic N) is 5. The zero-order valence-electron chi connectivity index (χ0n) is 20.8. The summed E-state index contributed by atoms with van der Waals surface area (Å²) in [4.78, 5) is 18.6. The first-order chi connectivity index (χ1) is 17.5. The number of tetrazole rings is 1. The molecule has 0 saturated heterocycles. The fraction of sp³-hybridized carbons (Fsp3) is 0.286. The maximum absolute atomic E-state index is 13.2. The van der Waals surface area contributed by atoms with E-state index >= 15 is 0 Å². The molecule has 0 bridgehead atoms. The molecule has 2 aromatic carbocycles. The van der Waals surface area contributed by atoms with Crippen molar-refractivity contribution < 1.29 is 4.42 Å². The Bertz CT molecular complexity index is 1500. The second-order valence-electron chi connectivity index (χ2n) is 9.26. The summed E-state index contributed by atoms with van der Waals surface area (Å²) in [5.74, 6) is 1.53. The second kappa shape index (κ2) is 10.3. The Hall–Kier alpha value is -4.04. The molecular weight excluding hydrogens is 452 g/mol. The minimum Gasteiger partial charge on any atom is -0.467 e. The number of rotatable bonds is 9. The molecule has 3 heterocycles. The van der Waals surface area contributed by atoms with Crippen LogP contribution in [0.3, 0.4) is 0 Å². The van der Waals surface area contributed by atoms with Crippen molar-refractivity contribution >= 4 is 10.9 Å². The monoisotopic (exact) mass is 482 g/mol. The van der Waals surface area contributed by atoms with Gasteiger partial charge in [0.1, 0.15) is 12.3 Å². The van der Waals surface area contributed by atoms with Gasteiger partial charge in [0.15, 0.2) is 5.82 Å². The van der Waals surface area contributed by atoms with Crippen LogP contribution in [0, 0.1) is 13.8 Å². The van der Waals surface area contributed by atoms with Gasteiger partial charge in [0.25, 0.3) is 5.56 Å². The van der Waals surface area contributed by atoms with Gasteiger partial charge in [0.05, 0.1) is 17.8 Å². The first-order valence-corrected chi connectivity index (χ1v) is 12.2. The normalized spacial score (nSPS) is 12.4. The van der Waals surface area contributed by atoms with Crippen molar-refractivity contribution in [3.63, 3.8) is 0 Å². The van der Waals surface area contributed by atoms with E-state index in [0.717, 1.165) is 40.0 Å². The van der Waals surface area contributed by atoms with E-state index in [4.69, 9.17) is 4.42 Å². The third-order valence-corrected chi connectivity index (χ3v) is 6.54. The van der Waals surface area contributed by atoms with Gasteiger partial charge in [-0.3, -0.25) is 9.69 Å². The lowest BCUT2D eigenvalue weighted by Crippen LogP contribution is -2.32. The van der Waals surface area contributed by atoms with Gasteiger partial charge in [0, 0.05) is 18.7 Å². The first-order valence-electron chi connectivity index (χ1n) is 12.2. The summed E-state index contributed by atoms with van der Waals surface area (Å²) in [5, 5.41) is 13.6. The van der Waals surface area contributed by atoms with Gasteiger partial charge in [0.2, 0.25) is 0 Å². The van der Waals surface area contributed by atoms with Crippen LogP contribution in [0.4, 0.5) is 0 Å². The molecular formula is C28H30N6O2. The molecule has 0 aliphatic carbocycles. The van der Waals surface area contributed by atoms with Crippen LogP contribution in [-0.4, -0.2) is 30.1 Å². The topological polar surface area (TPSA) is 92.8 Å². The van der Waals surface area contributed by atoms with E-state index in [0.29, 0.717) is 25.2 Å². The lowest BCUT2D eigenvalue weighted by Gasteiger charge is -2.30. The van der Waals surface area contributed by atoms with Gasteiger partial charge in [-0.05, 0) is 71.5 Å². The zero-order chi connectivity index (χ0) is 25.1. The van der Waals surface area contributed by atoms with Gasteiger partial charge in [-0.2, -0.15) is 0 Å². The van der Waals surface area contributed by atoms with Gasteiger partial charge in [-0.15, -0.1) is 5.10 Å². The van der Waals surface area contributed by atoms with Crippen LogP contribution < -0.4 is 5.56 Å². The number of aromatic amines is 1. The molecule has 0 fully saturated rings. The number of nitrogens with one attached hydrogen (secondary N) is 1. The Morgan fingerprint density at radius 2 is 1.89 bits per heavy atom. The van der Waals surface area contributed by atoms with E-state index in [2.05, 4.69) is 63.5 Å². The van der Waals surface area contributed by atoms with Crippen molar-refractivity contribution in [1.82, 2.24) is 30.1 Å². The molecule has 0 amide bonds. The quantitative estimate of drug-likeness (QED) is 0.320. The van der Waals surface area contributed by atoms with Crippen molar-refractivity contribution in [2.24, 2.45) is 0 Å². The molecule has 0 spiro atoms. The predicted octanol–water partition coefficient (Wildman–Crippen LogP) is 4.93. The number of aromatic nitrogens is 5. The molecule has 184 valence electrons. The third-order valence-electron chi connectivity index (χ3n) is 6.54. The average molecular weight is 483 g/mol. The van der Waals surface area contributed by atoms with E-state index in [9.17, 15) is 4.79 Å². The zero-order valence-corrected chi connectivity index (χ0v) is 20.8. The highest BCUT2D eigenvalue weighted by atomic mass is 16.3. The van der Waals surface area contributed by atoms with E-state index in [1.807, 2.05) is 43.3 Å². The van der Waals surface area contributed by atoms with Crippen LogP contribution >= 0.6 is 0 Å². The number of aryl methyl sites for hydroxylation is 2. The fourth-order valence-electron chi connectivity index (χ4n) is 4.88. The summed E-state index contributed by atoms with van der Waals surface area (Å²) >= 11 is 0. The van der Waals surface area contributed by atoms with Crippen LogP contribution in [0.2, 0.25) is 0 Å². The number of benzene rings is 2. The maximum atomic E-state index is 13.2. The van der Waals surface area contributed by atoms with Crippen molar-refractivity contribution in [2.75, 3.05) is 0 Å². The van der Waals surface area contributed by atoms with Gasteiger partial charge in [-0.25, -0.2) is 4.68 Å². The van der Waals surface area contributed by atoms with E-state index in [-0.39, 0.29) is 11.6 Å². The van der Waals surface area contributed by atoms with Crippen LogP contribution in [0.25, 0.3) is 10.9 Å². The molecule has 0 aliphatic heterocycles. The lowest BCUT2D eigenvalue weighted by molar-refractivity contribution is 0.161. The molecule has 1 N–H and O–H groups in total. The largest absolute Gasteiger partial charge is 0.467 e. The Kier molecular flexibility index (Phi) is 6.77. The summed E-state index contributed by atoms with van der Waals surface area (Å²) in [6.07, 6.45) is 2.42. The Labute approximate surface area is 209 Å². The van der Waals surface area contributed by atoms with Crippen molar-refractivity contribution in [3.8, 4) is 0 Å². The molecule has 0 saturated carbocycles. The Morgan fingerprint density at radius 3 is 2.64 bits per heavy atom. The summed E-state index contributed by atoms with van der Waals surface area (Å²) in [7, 11) is 0. The molecule has 1 atom stereocenters. The van der Waals surface area contributed by atoms with Crippen molar-refractivity contribution in [2.45, 2.75) is 52.9 Å². The molecule has 36 heavy (non-hydrogen) atoms. The SMILES string of the molecule is CCC(c1nnnn1Cc1ccco1)N(Cc1ccccc1)Cc1cc2cc(C)cc(C)c2[nH]c1=O. The minimum atomic E-state index is -0.107. The van der Waals surface area contributed by atoms with E-state index in [1.165, 1.54) is 5.56 Å². The van der Waals surface area contributed by atoms with Gasteiger partial charge >= 0.3 is 0 Å². The number of furan rings is 1.